The van der Waals surface area contributed by atoms with Crippen molar-refractivity contribution in [2.24, 2.45) is 0 Å². The van der Waals surface area contributed by atoms with E-state index < -0.39 is 10.5 Å². The average Bonchev–Trinajstić information content (AvgIpc) is 2.54. The minimum atomic E-state index is -0.530. The van der Waals surface area contributed by atoms with Gasteiger partial charge in [0.2, 0.25) is 0 Å². The molecule has 0 unspecified atom stereocenters. The molecule has 8 heteroatoms. The van der Waals surface area contributed by atoms with Gasteiger partial charge >= 0.3 is 6.09 Å². The molecule has 0 aliphatic carbocycles. The Morgan fingerprint density at radius 3 is 2.24 bits per heavy atom. The summed E-state index contributed by atoms with van der Waals surface area (Å²) in [7, 11) is 0. The number of hydrogen-bond donors (Lipinski definition) is 1. The highest BCUT2D eigenvalue weighted by Crippen LogP contribution is 2.17. The first-order chi connectivity index (χ1) is 11.7. The third-order valence-corrected chi connectivity index (χ3v) is 3.82. The van der Waals surface area contributed by atoms with Crippen molar-refractivity contribution < 1.29 is 19.2 Å². The number of non-ortho nitro benzene ring substituents is 1. The second-order valence-corrected chi connectivity index (χ2v) is 7.02. The van der Waals surface area contributed by atoms with Gasteiger partial charge in [0.25, 0.3) is 11.6 Å². The second-order valence-electron chi connectivity index (χ2n) is 7.02. The van der Waals surface area contributed by atoms with Crippen LogP contribution in [0.1, 0.15) is 44.0 Å². The first-order valence-corrected chi connectivity index (χ1v) is 8.19. The zero-order chi connectivity index (χ0) is 18.6. The molecule has 0 bridgehead atoms. The molecule has 136 valence electrons. The molecule has 1 N–H and O–H groups in total. The van der Waals surface area contributed by atoms with E-state index in [1.54, 1.807) is 4.90 Å². The van der Waals surface area contributed by atoms with Crippen LogP contribution in [0.25, 0.3) is 0 Å². The number of ether oxygens (including phenoxy) is 1. The summed E-state index contributed by atoms with van der Waals surface area (Å²) in [4.78, 5) is 36.0. The Morgan fingerprint density at radius 1 is 1.20 bits per heavy atom. The van der Waals surface area contributed by atoms with E-state index in [9.17, 15) is 19.7 Å². The van der Waals surface area contributed by atoms with Crippen LogP contribution in [-0.4, -0.2) is 46.6 Å². The maximum atomic E-state index is 12.2. The monoisotopic (exact) mass is 349 g/mol. The molecule has 0 atom stereocenters. The first-order valence-electron chi connectivity index (χ1n) is 8.19. The van der Waals surface area contributed by atoms with Crippen molar-refractivity contribution >= 4 is 17.7 Å². The third kappa shape index (κ3) is 5.44. The summed E-state index contributed by atoms with van der Waals surface area (Å²) >= 11 is 0. The number of benzene rings is 1. The van der Waals surface area contributed by atoms with Gasteiger partial charge in [-0.2, -0.15) is 0 Å². The fourth-order valence-electron chi connectivity index (χ4n) is 2.54. The molecule has 1 aliphatic heterocycles. The number of nitrogens with one attached hydrogen (secondary N) is 1. The first kappa shape index (κ1) is 18.7. The van der Waals surface area contributed by atoms with Crippen molar-refractivity contribution in [3.8, 4) is 0 Å². The second kappa shape index (κ2) is 7.50. The van der Waals surface area contributed by atoms with Crippen LogP contribution in [0.5, 0.6) is 0 Å². The van der Waals surface area contributed by atoms with Crippen LogP contribution in [0.4, 0.5) is 10.5 Å². The molecule has 2 rings (SSSR count). The van der Waals surface area contributed by atoms with E-state index in [0.29, 0.717) is 31.5 Å². The van der Waals surface area contributed by atoms with Gasteiger partial charge < -0.3 is 15.0 Å². The molecule has 1 aromatic rings. The molecular formula is C17H23N3O5. The molecule has 1 fully saturated rings. The Kier molecular flexibility index (Phi) is 5.61. The smallest absolute Gasteiger partial charge is 0.410 e. The summed E-state index contributed by atoms with van der Waals surface area (Å²) < 4.78 is 5.34. The van der Waals surface area contributed by atoms with Gasteiger partial charge in [-0.3, -0.25) is 14.9 Å². The van der Waals surface area contributed by atoms with Gasteiger partial charge in [-0.15, -0.1) is 0 Å². The molecule has 8 nitrogen and oxygen atoms in total. The number of piperidine rings is 1. The number of carbonyl (C=O) groups is 2. The van der Waals surface area contributed by atoms with E-state index in [0.717, 1.165) is 0 Å². The van der Waals surface area contributed by atoms with Crippen LogP contribution >= 0.6 is 0 Å². The van der Waals surface area contributed by atoms with E-state index in [4.69, 9.17) is 4.74 Å². The molecule has 1 saturated heterocycles. The predicted molar refractivity (Wildman–Crippen MR) is 91.4 cm³/mol. The lowest BCUT2D eigenvalue weighted by Crippen LogP contribution is -2.47. The molecule has 0 spiro atoms. The maximum absolute atomic E-state index is 12.2. The summed E-state index contributed by atoms with van der Waals surface area (Å²) in [6.45, 7) is 6.49. The molecular weight excluding hydrogens is 326 g/mol. The highest BCUT2D eigenvalue weighted by molar-refractivity contribution is 5.94. The SMILES string of the molecule is CC(C)(C)OC(=O)N1CCC(NC(=O)c2ccc([N+](=O)[O-])cc2)CC1. The number of carbonyl (C=O) groups excluding carboxylic acids is 2. The van der Waals surface area contributed by atoms with Crippen LogP contribution in [0.3, 0.4) is 0 Å². The highest BCUT2D eigenvalue weighted by Gasteiger charge is 2.27. The van der Waals surface area contributed by atoms with Crippen molar-refractivity contribution in [3.63, 3.8) is 0 Å². The molecule has 0 saturated carbocycles. The summed E-state index contributed by atoms with van der Waals surface area (Å²) in [5.41, 5.74) is -0.208. The Bertz CT molecular complexity index is 643. The van der Waals surface area contributed by atoms with Crippen LogP contribution in [-0.2, 0) is 4.74 Å². The van der Waals surface area contributed by atoms with Gasteiger partial charge in [0.1, 0.15) is 5.60 Å². The summed E-state index contributed by atoms with van der Waals surface area (Å²) in [5, 5.41) is 13.5. The largest absolute Gasteiger partial charge is 0.444 e. The Morgan fingerprint density at radius 2 is 1.76 bits per heavy atom. The number of hydrogen-bond acceptors (Lipinski definition) is 5. The fraction of sp³-hybridized carbons (Fsp3) is 0.529. The molecule has 25 heavy (non-hydrogen) atoms. The lowest BCUT2D eigenvalue weighted by Gasteiger charge is -2.33. The number of nitro groups is 1. The van der Waals surface area contributed by atoms with Crippen LogP contribution in [0, 0.1) is 10.1 Å². The summed E-state index contributed by atoms with van der Waals surface area (Å²) in [5.74, 6) is -0.273. The molecule has 0 aromatic heterocycles. The molecule has 1 heterocycles. The predicted octanol–water partition coefficient (Wildman–Crippen LogP) is 2.72. The van der Waals surface area contributed by atoms with Crippen molar-refractivity contribution in [1.82, 2.24) is 10.2 Å². The fourth-order valence-corrected chi connectivity index (χ4v) is 2.54. The highest BCUT2D eigenvalue weighted by atomic mass is 16.6. The average molecular weight is 349 g/mol. The number of likely N-dealkylation sites (tertiary alicyclic amines) is 1. The number of nitro benzene ring substituents is 1. The number of nitrogens with zero attached hydrogens (tertiary/aromatic N) is 2. The quantitative estimate of drug-likeness (QED) is 0.668. The summed E-state index contributed by atoms with van der Waals surface area (Å²) in [6, 6.07) is 5.44. The minimum Gasteiger partial charge on any atom is -0.444 e. The van der Waals surface area contributed by atoms with Gasteiger partial charge in [-0.05, 0) is 45.7 Å². The van der Waals surface area contributed by atoms with Crippen LogP contribution in [0.2, 0.25) is 0 Å². The van der Waals surface area contributed by atoms with Gasteiger partial charge in [-0.25, -0.2) is 4.79 Å². The zero-order valence-electron chi connectivity index (χ0n) is 14.7. The van der Waals surface area contributed by atoms with Crippen LogP contribution < -0.4 is 5.32 Å². The molecule has 1 aliphatic rings. The van der Waals surface area contributed by atoms with Crippen LogP contribution in [0.15, 0.2) is 24.3 Å². The van der Waals surface area contributed by atoms with E-state index >= 15 is 0 Å². The van der Waals surface area contributed by atoms with Crippen molar-refractivity contribution in [2.75, 3.05) is 13.1 Å². The standard InChI is InChI=1S/C17H23N3O5/c1-17(2,3)25-16(22)19-10-8-13(9-11-19)18-15(21)12-4-6-14(7-5-12)20(23)24/h4-7,13H,8-11H2,1-3H3,(H,18,21). The third-order valence-electron chi connectivity index (χ3n) is 3.82. The lowest BCUT2D eigenvalue weighted by molar-refractivity contribution is -0.384. The Balaban J connectivity index is 1.84. The van der Waals surface area contributed by atoms with Gasteiger partial charge in [-0.1, -0.05) is 0 Å². The normalized spacial score (nSPS) is 15.6. The molecule has 0 radical (unpaired) electrons. The summed E-state index contributed by atoms with van der Waals surface area (Å²) in [6.07, 6.45) is 0.934. The Hall–Kier alpha value is -2.64. The molecule has 2 amide bonds. The van der Waals surface area contributed by atoms with Crippen molar-refractivity contribution in [3.05, 3.63) is 39.9 Å². The number of amides is 2. The van der Waals surface area contributed by atoms with E-state index in [2.05, 4.69) is 5.32 Å². The number of rotatable bonds is 3. The van der Waals surface area contributed by atoms with Gasteiger partial charge in [0.15, 0.2) is 0 Å². The van der Waals surface area contributed by atoms with Crippen molar-refractivity contribution in [1.29, 1.82) is 0 Å². The zero-order valence-corrected chi connectivity index (χ0v) is 14.7. The molecule has 1 aromatic carbocycles. The minimum absolute atomic E-state index is 0.0404. The van der Waals surface area contributed by atoms with E-state index in [-0.39, 0.29) is 23.7 Å². The Labute approximate surface area is 146 Å². The topological polar surface area (TPSA) is 102 Å². The van der Waals surface area contributed by atoms with E-state index in [1.165, 1.54) is 24.3 Å². The van der Waals surface area contributed by atoms with Gasteiger partial charge in [0.05, 0.1) is 4.92 Å². The maximum Gasteiger partial charge on any atom is 0.410 e. The van der Waals surface area contributed by atoms with E-state index in [1.807, 2.05) is 20.8 Å². The van der Waals surface area contributed by atoms with Crippen molar-refractivity contribution in [2.45, 2.75) is 45.3 Å². The lowest BCUT2D eigenvalue weighted by atomic mass is 10.0. The van der Waals surface area contributed by atoms with Gasteiger partial charge in [0, 0.05) is 36.8 Å².